The number of ether oxygens (including phenoxy) is 1. The van der Waals surface area contributed by atoms with Crippen LogP contribution in [0.25, 0.3) is 11.8 Å². The molecule has 0 spiro atoms. The lowest BCUT2D eigenvalue weighted by Crippen LogP contribution is -2.08. The number of hydrogen-bond donors (Lipinski definition) is 0. The maximum Gasteiger partial charge on any atom is 0.359 e. The van der Waals surface area contributed by atoms with Gasteiger partial charge in [0.25, 0.3) is 5.69 Å². The average Bonchev–Trinajstić information content (AvgIpc) is 3.17. The molecule has 29 heavy (non-hydrogen) atoms. The van der Waals surface area contributed by atoms with Crippen LogP contribution >= 0.6 is 0 Å². The number of hydrogen-bond acceptors (Lipinski definition) is 6. The van der Waals surface area contributed by atoms with Gasteiger partial charge < -0.3 is 4.74 Å². The number of benzene rings is 2. The number of esters is 1. The van der Waals surface area contributed by atoms with Gasteiger partial charge in [-0.05, 0) is 31.2 Å². The first-order valence-corrected chi connectivity index (χ1v) is 8.78. The number of para-hydroxylation sites is 1. The molecule has 8 nitrogen and oxygen atoms in total. The molecule has 1 aromatic heterocycles. The van der Waals surface area contributed by atoms with Crippen molar-refractivity contribution < 1.29 is 19.2 Å². The second kappa shape index (κ2) is 8.75. The summed E-state index contributed by atoms with van der Waals surface area (Å²) in [5.74, 6) is -1.04. The number of nitro benzene ring substituents is 1. The summed E-state index contributed by atoms with van der Waals surface area (Å²) in [7, 11) is 0. The molecule has 0 amide bonds. The van der Waals surface area contributed by atoms with Crippen LogP contribution in [0.4, 0.5) is 5.69 Å². The topological polar surface area (TPSA) is 104 Å². The van der Waals surface area contributed by atoms with Crippen molar-refractivity contribution in [2.24, 2.45) is 0 Å². The maximum atomic E-state index is 12.4. The summed E-state index contributed by atoms with van der Waals surface area (Å²) < 4.78 is 6.56. The summed E-state index contributed by atoms with van der Waals surface area (Å²) in [6, 6.07) is 14.6. The van der Waals surface area contributed by atoms with E-state index >= 15 is 0 Å². The maximum absolute atomic E-state index is 12.4. The van der Waals surface area contributed by atoms with Crippen molar-refractivity contribution in [2.45, 2.75) is 6.92 Å². The smallest absolute Gasteiger partial charge is 0.359 e. The standard InChI is InChI=1S/C21H17N3O5/c1-2-29-21(26)20-16(14-23(22-20)17-8-4-3-5-9-17)11-12-19(25)15-7-6-10-18(13-15)24(27)28/h3-14H,2H2,1H3/b12-11+. The second-order valence-electron chi connectivity index (χ2n) is 5.94. The van der Waals surface area contributed by atoms with Gasteiger partial charge in [-0.2, -0.15) is 5.10 Å². The minimum absolute atomic E-state index is 0.0683. The Labute approximate surface area is 166 Å². The van der Waals surface area contributed by atoms with Crippen molar-refractivity contribution in [3.63, 3.8) is 0 Å². The third-order valence-electron chi connectivity index (χ3n) is 3.99. The van der Waals surface area contributed by atoms with E-state index in [9.17, 15) is 19.7 Å². The number of nitro groups is 1. The molecule has 0 radical (unpaired) electrons. The molecular formula is C21H17N3O5. The largest absolute Gasteiger partial charge is 0.461 e. The van der Waals surface area contributed by atoms with Crippen molar-refractivity contribution in [2.75, 3.05) is 6.61 Å². The van der Waals surface area contributed by atoms with E-state index in [-0.39, 0.29) is 23.6 Å². The van der Waals surface area contributed by atoms with Gasteiger partial charge in [-0.1, -0.05) is 30.3 Å². The number of carbonyl (C=O) groups excluding carboxylic acids is 2. The van der Waals surface area contributed by atoms with Crippen molar-refractivity contribution >= 4 is 23.5 Å². The Hall–Kier alpha value is -4.07. The minimum atomic E-state index is -0.607. The van der Waals surface area contributed by atoms with E-state index in [2.05, 4.69) is 5.10 Å². The molecule has 0 aliphatic heterocycles. The fourth-order valence-corrected chi connectivity index (χ4v) is 2.61. The van der Waals surface area contributed by atoms with Crippen LogP contribution in [0.15, 0.2) is 66.9 Å². The highest BCUT2D eigenvalue weighted by Gasteiger charge is 2.17. The monoisotopic (exact) mass is 391 g/mol. The lowest BCUT2D eigenvalue weighted by molar-refractivity contribution is -0.384. The van der Waals surface area contributed by atoms with Gasteiger partial charge >= 0.3 is 5.97 Å². The first-order chi connectivity index (χ1) is 14.0. The zero-order valence-electron chi connectivity index (χ0n) is 15.5. The number of carbonyl (C=O) groups is 2. The van der Waals surface area contributed by atoms with Gasteiger partial charge in [0.05, 0.1) is 17.2 Å². The molecule has 146 valence electrons. The molecule has 0 unspecified atom stereocenters. The van der Waals surface area contributed by atoms with E-state index in [0.717, 1.165) is 5.69 Å². The third-order valence-corrected chi connectivity index (χ3v) is 3.99. The van der Waals surface area contributed by atoms with Crippen LogP contribution in [0, 0.1) is 10.1 Å². The van der Waals surface area contributed by atoms with E-state index in [0.29, 0.717) is 5.56 Å². The molecule has 3 aromatic rings. The third kappa shape index (κ3) is 4.62. The van der Waals surface area contributed by atoms with Gasteiger partial charge in [0.2, 0.25) is 0 Å². The first kappa shape index (κ1) is 19.7. The highest BCUT2D eigenvalue weighted by molar-refractivity contribution is 6.07. The predicted octanol–water partition coefficient (Wildman–Crippen LogP) is 3.85. The van der Waals surface area contributed by atoms with Crippen LogP contribution in [0.1, 0.15) is 33.3 Å². The minimum Gasteiger partial charge on any atom is -0.461 e. The zero-order chi connectivity index (χ0) is 20.8. The van der Waals surface area contributed by atoms with Crippen LogP contribution in [-0.4, -0.2) is 33.1 Å². The molecule has 2 aromatic carbocycles. The number of ketones is 1. The molecule has 0 N–H and O–H groups in total. The van der Waals surface area contributed by atoms with Gasteiger partial charge in [0.1, 0.15) is 0 Å². The van der Waals surface area contributed by atoms with Crippen LogP contribution < -0.4 is 0 Å². The van der Waals surface area contributed by atoms with Crippen molar-refractivity contribution in [1.82, 2.24) is 9.78 Å². The van der Waals surface area contributed by atoms with Crippen molar-refractivity contribution in [3.8, 4) is 5.69 Å². The van der Waals surface area contributed by atoms with E-state index in [1.54, 1.807) is 13.1 Å². The Morgan fingerprint density at radius 2 is 1.93 bits per heavy atom. The summed E-state index contributed by atoms with van der Waals surface area (Å²) in [4.78, 5) is 35.0. The highest BCUT2D eigenvalue weighted by Crippen LogP contribution is 2.17. The molecule has 3 rings (SSSR count). The molecule has 0 bridgehead atoms. The Balaban J connectivity index is 1.93. The fourth-order valence-electron chi connectivity index (χ4n) is 2.61. The molecule has 0 saturated heterocycles. The normalized spacial score (nSPS) is 10.8. The Bertz CT molecular complexity index is 1090. The molecule has 0 atom stereocenters. The van der Waals surface area contributed by atoms with E-state index < -0.39 is 16.7 Å². The van der Waals surface area contributed by atoms with Crippen molar-refractivity contribution in [1.29, 1.82) is 0 Å². The fraction of sp³-hybridized carbons (Fsp3) is 0.0952. The van der Waals surface area contributed by atoms with Gasteiger partial charge in [-0.25, -0.2) is 9.48 Å². The zero-order valence-corrected chi connectivity index (χ0v) is 15.5. The number of aromatic nitrogens is 2. The molecule has 8 heteroatoms. The number of allylic oxidation sites excluding steroid dienone is 1. The second-order valence-corrected chi connectivity index (χ2v) is 5.94. The van der Waals surface area contributed by atoms with E-state index in [1.807, 2.05) is 30.3 Å². The van der Waals surface area contributed by atoms with Gasteiger partial charge in [0, 0.05) is 29.5 Å². The summed E-state index contributed by atoms with van der Waals surface area (Å²) in [6.07, 6.45) is 4.30. The summed E-state index contributed by atoms with van der Waals surface area (Å²) in [5.41, 5.74) is 1.20. The molecule has 1 heterocycles. The lowest BCUT2D eigenvalue weighted by atomic mass is 10.1. The van der Waals surface area contributed by atoms with E-state index in [4.69, 9.17) is 4.74 Å². The number of nitrogens with zero attached hydrogens (tertiary/aromatic N) is 3. The van der Waals surface area contributed by atoms with Crippen LogP contribution in [0.5, 0.6) is 0 Å². The Morgan fingerprint density at radius 3 is 2.62 bits per heavy atom. The summed E-state index contributed by atoms with van der Waals surface area (Å²) >= 11 is 0. The van der Waals surface area contributed by atoms with Crippen LogP contribution in [0.2, 0.25) is 0 Å². The van der Waals surface area contributed by atoms with Crippen molar-refractivity contribution in [3.05, 3.63) is 93.8 Å². The quantitative estimate of drug-likeness (QED) is 0.199. The first-order valence-electron chi connectivity index (χ1n) is 8.78. The lowest BCUT2D eigenvalue weighted by Gasteiger charge is -2.00. The van der Waals surface area contributed by atoms with Gasteiger partial charge in [0.15, 0.2) is 11.5 Å². The van der Waals surface area contributed by atoms with E-state index in [1.165, 1.54) is 41.1 Å². The highest BCUT2D eigenvalue weighted by atomic mass is 16.6. The SMILES string of the molecule is CCOC(=O)c1nn(-c2ccccc2)cc1/C=C/C(=O)c1cccc([N+](=O)[O-])c1. The molecule has 0 aliphatic rings. The summed E-state index contributed by atoms with van der Waals surface area (Å²) in [5, 5.41) is 15.2. The molecule has 0 saturated carbocycles. The van der Waals surface area contributed by atoms with Crippen LogP contribution in [0.3, 0.4) is 0 Å². The average molecular weight is 391 g/mol. The summed E-state index contributed by atoms with van der Waals surface area (Å²) in [6.45, 7) is 1.88. The Morgan fingerprint density at radius 1 is 1.17 bits per heavy atom. The predicted molar refractivity (Wildman–Crippen MR) is 106 cm³/mol. The number of rotatable bonds is 7. The van der Waals surface area contributed by atoms with Gasteiger partial charge in [-0.15, -0.1) is 0 Å². The number of non-ortho nitro benzene ring substituents is 1. The van der Waals surface area contributed by atoms with Crippen LogP contribution in [-0.2, 0) is 4.74 Å². The Kier molecular flexibility index (Phi) is 5.94. The molecule has 0 fully saturated rings. The van der Waals surface area contributed by atoms with Gasteiger partial charge in [-0.3, -0.25) is 14.9 Å². The molecular weight excluding hydrogens is 374 g/mol. The molecule has 0 aliphatic carbocycles.